The molecule has 2 rings (SSSR count). The third kappa shape index (κ3) is 1.75. The first-order chi connectivity index (χ1) is 7.68. The van der Waals surface area contributed by atoms with Crippen LogP contribution in [0.2, 0.25) is 0 Å². The van der Waals surface area contributed by atoms with Crippen LogP contribution in [0.4, 0.5) is 0 Å². The van der Waals surface area contributed by atoms with Crippen LogP contribution < -0.4 is 0 Å². The average molecular weight is 226 g/mol. The van der Waals surface area contributed by atoms with Gasteiger partial charge in [-0.3, -0.25) is 9.59 Å². The molecule has 1 aliphatic carbocycles. The summed E-state index contributed by atoms with van der Waals surface area (Å²) in [5.41, 5.74) is -1.24. The molecule has 0 bridgehead atoms. The first-order valence-electron chi connectivity index (χ1n) is 6.02. The number of ketones is 1. The number of hydrogen-bond donors (Lipinski definition) is 1. The van der Waals surface area contributed by atoms with E-state index >= 15 is 0 Å². The van der Waals surface area contributed by atoms with Gasteiger partial charge in [-0.2, -0.15) is 0 Å². The summed E-state index contributed by atoms with van der Waals surface area (Å²) in [5.74, 6) is -1.13. The molecule has 0 spiro atoms. The smallest absolute Gasteiger partial charge is 0.319 e. The van der Waals surface area contributed by atoms with E-state index in [0.717, 1.165) is 32.1 Å². The van der Waals surface area contributed by atoms with Crippen LogP contribution in [0.5, 0.6) is 0 Å². The van der Waals surface area contributed by atoms with Crippen LogP contribution in [0.1, 0.15) is 38.5 Å². The first-order valence-corrected chi connectivity index (χ1v) is 6.02. The van der Waals surface area contributed by atoms with Gasteiger partial charge in [-0.05, 0) is 18.8 Å². The predicted molar refractivity (Wildman–Crippen MR) is 57.1 cm³/mol. The van der Waals surface area contributed by atoms with E-state index in [1.165, 1.54) is 0 Å². The number of carbonyl (C=O) groups is 2. The zero-order valence-corrected chi connectivity index (χ0v) is 9.41. The van der Waals surface area contributed by atoms with Crippen molar-refractivity contribution in [1.29, 1.82) is 0 Å². The summed E-state index contributed by atoms with van der Waals surface area (Å²) in [7, 11) is 0. The molecule has 2 aliphatic rings. The molecule has 0 aromatic heterocycles. The maximum Gasteiger partial charge on any atom is 0.319 e. The van der Waals surface area contributed by atoms with Crippen molar-refractivity contribution in [3.05, 3.63) is 0 Å². The van der Waals surface area contributed by atoms with Crippen molar-refractivity contribution in [1.82, 2.24) is 0 Å². The lowest BCUT2D eigenvalue weighted by Crippen LogP contribution is -2.52. The third-order valence-corrected chi connectivity index (χ3v) is 3.98. The van der Waals surface area contributed by atoms with Crippen LogP contribution in [-0.4, -0.2) is 30.1 Å². The number of aliphatic carboxylic acids is 1. The SMILES string of the molecule is O=C(O)C1(C2CCCCC2)COCCC1=O. The standard InChI is InChI=1S/C12H18O4/c13-10-6-7-16-8-12(10,11(14)15)9-4-2-1-3-5-9/h9H,1-8H2,(H,14,15). The molecule has 1 saturated carbocycles. The molecule has 4 nitrogen and oxygen atoms in total. The molecule has 1 aliphatic heterocycles. The summed E-state index contributed by atoms with van der Waals surface area (Å²) >= 11 is 0. The average Bonchev–Trinajstić information content (AvgIpc) is 2.30. The number of carboxylic acids is 1. The largest absolute Gasteiger partial charge is 0.480 e. The van der Waals surface area contributed by atoms with E-state index in [-0.39, 0.29) is 24.7 Å². The molecular formula is C12H18O4. The zero-order chi connectivity index (χ0) is 11.6. The summed E-state index contributed by atoms with van der Waals surface area (Å²) in [5, 5.41) is 9.41. The Bertz CT molecular complexity index is 293. The minimum Gasteiger partial charge on any atom is -0.480 e. The Labute approximate surface area is 95.0 Å². The first kappa shape index (κ1) is 11.6. The number of carboxylic acid groups (broad SMARTS) is 1. The molecule has 1 heterocycles. The molecule has 0 radical (unpaired) electrons. The Morgan fingerprint density at radius 3 is 2.56 bits per heavy atom. The van der Waals surface area contributed by atoms with E-state index in [1.807, 2.05) is 0 Å². The Morgan fingerprint density at radius 1 is 1.31 bits per heavy atom. The van der Waals surface area contributed by atoms with Gasteiger partial charge in [0.15, 0.2) is 11.2 Å². The normalized spacial score (nSPS) is 32.6. The molecule has 1 unspecified atom stereocenters. The third-order valence-electron chi connectivity index (χ3n) is 3.98. The molecule has 1 N–H and O–H groups in total. The van der Waals surface area contributed by atoms with Gasteiger partial charge in [0.1, 0.15) is 0 Å². The number of hydrogen-bond acceptors (Lipinski definition) is 3. The van der Waals surface area contributed by atoms with Crippen LogP contribution in [0.15, 0.2) is 0 Å². The number of rotatable bonds is 2. The van der Waals surface area contributed by atoms with Crippen LogP contribution in [0.3, 0.4) is 0 Å². The van der Waals surface area contributed by atoms with Gasteiger partial charge in [0, 0.05) is 6.42 Å². The lowest BCUT2D eigenvalue weighted by atomic mass is 9.65. The Morgan fingerprint density at radius 2 is 2.00 bits per heavy atom. The topological polar surface area (TPSA) is 63.6 Å². The summed E-state index contributed by atoms with van der Waals surface area (Å²) in [6.45, 7) is 0.451. The van der Waals surface area contributed by atoms with Gasteiger partial charge in [-0.1, -0.05) is 19.3 Å². The van der Waals surface area contributed by atoms with Gasteiger partial charge in [-0.25, -0.2) is 0 Å². The van der Waals surface area contributed by atoms with Crippen molar-refractivity contribution >= 4 is 11.8 Å². The van der Waals surface area contributed by atoms with Crippen molar-refractivity contribution in [3.8, 4) is 0 Å². The van der Waals surface area contributed by atoms with Crippen LogP contribution >= 0.6 is 0 Å². The van der Waals surface area contributed by atoms with Crippen LogP contribution in [-0.2, 0) is 14.3 Å². The van der Waals surface area contributed by atoms with E-state index in [2.05, 4.69) is 0 Å². The van der Waals surface area contributed by atoms with E-state index < -0.39 is 11.4 Å². The monoisotopic (exact) mass is 226 g/mol. The number of carbonyl (C=O) groups excluding carboxylic acids is 1. The van der Waals surface area contributed by atoms with E-state index in [4.69, 9.17) is 4.74 Å². The fourth-order valence-corrected chi connectivity index (χ4v) is 3.00. The van der Waals surface area contributed by atoms with Crippen molar-refractivity contribution < 1.29 is 19.4 Å². The van der Waals surface area contributed by atoms with E-state index in [9.17, 15) is 14.7 Å². The van der Waals surface area contributed by atoms with E-state index in [1.54, 1.807) is 0 Å². The number of Topliss-reactive ketones (excluding diaryl/α,β-unsaturated/α-hetero) is 1. The maximum absolute atomic E-state index is 12.0. The molecule has 1 atom stereocenters. The molecule has 0 amide bonds. The molecule has 1 saturated heterocycles. The van der Waals surface area contributed by atoms with E-state index in [0.29, 0.717) is 6.61 Å². The highest BCUT2D eigenvalue weighted by Crippen LogP contribution is 2.42. The van der Waals surface area contributed by atoms with Crippen LogP contribution in [0.25, 0.3) is 0 Å². The minimum atomic E-state index is -1.24. The lowest BCUT2D eigenvalue weighted by Gasteiger charge is -2.40. The van der Waals surface area contributed by atoms with Gasteiger partial charge in [0.05, 0.1) is 13.2 Å². The van der Waals surface area contributed by atoms with Gasteiger partial charge < -0.3 is 9.84 Å². The Kier molecular flexibility index (Phi) is 3.28. The number of ether oxygens (including phenoxy) is 1. The van der Waals surface area contributed by atoms with Crippen molar-refractivity contribution in [2.75, 3.05) is 13.2 Å². The van der Waals surface area contributed by atoms with Crippen molar-refractivity contribution in [2.24, 2.45) is 11.3 Å². The fraction of sp³-hybridized carbons (Fsp3) is 0.833. The fourth-order valence-electron chi connectivity index (χ4n) is 3.00. The second kappa shape index (κ2) is 4.53. The maximum atomic E-state index is 12.0. The highest BCUT2D eigenvalue weighted by atomic mass is 16.5. The van der Waals surface area contributed by atoms with Gasteiger partial charge in [0.25, 0.3) is 0 Å². The Balaban J connectivity index is 2.25. The van der Waals surface area contributed by atoms with Crippen LogP contribution in [0, 0.1) is 11.3 Å². The quantitative estimate of drug-likeness (QED) is 0.727. The minimum absolute atomic E-state index is 0.0217. The van der Waals surface area contributed by atoms with Crippen molar-refractivity contribution in [2.45, 2.75) is 38.5 Å². The zero-order valence-electron chi connectivity index (χ0n) is 9.41. The predicted octanol–water partition coefficient (Wildman–Crippen LogP) is 1.63. The van der Waals surface area contributed by atoms with Gasteiger partial charge >= 0.3 is 5.97 Å². The molecular weight excluding hydrogens is 208 g/mol. The summed E-state index contributed by atoms with van der Waals surface area (Å²) < 4.78 is 5.27. The summed E-state index contributed by atoms with van der Waals surface area (Å²) in [6.07, 6.45) is 5.17. The second-order valence-electron chi connectivity index (χ2n) is 4.84. The highest BCUT2D eigenvalue weighted by Gasteiger charge is 2.53. The summed E-state index contributed by atoms with van der Waals surface area (Å²) in [4.78, 5) is 23.5. The summed E-state index contributed by atoms with van der Waals surface area (Å²) in [6, 6.07) is 0. The molecule has 90 valence electrons. The van der Waals surface area contributed by atoms with Gasteiger partial charge in [0.2, 0.25) is 0 Å². The molecule has 16 heavy (non-hydrogen) atoms. The second-order valence-corrected chi connectivity index (χ2v) is 4.84. The van der Waals surface area contributed by atoms with Gasteiger partial charge in [-0.15, -0.1) is 0 Å². The molecule has 4 heteroatoms. The molecule has 0 aromatic rings. The molecule has 0 aromatic carbocycles. The Hall–Kier alpha value is -0.900. The lowest BCUT2D eigenvalue weighted by molar-refractivity contribution is -0.171. The highest BCUT2D eigenvalue weighted by molar-refractivity contribution is 6.04. The van der Waals surface area contributed by atoms with Crippen molar-refractivity contribution in [3.63, 3.8) is 0 Å². The molecule has 2 fully saturated rings.